The largest absolute Gasteiger partial charge is 0.373 e. The van der Waals surface area contributed by atoms with E-state index >= 15 is 0 Å². The number of pyridine rings is 2. The van der Waals surface area contributed by atoms with Crippen molar-refractivity contribution >= 4 is 33.6 Å². The van der Waals surface area contributed by atoms with Gasteiger partial charge in [0.25, 0.3) is 5.24 Å². The van der Waals surface area contributed by atoms with Gasteiger partial charge in [-0.1, -0.05) is 6.07 Å². The van der Waals surface area contributed by atoms with Gasteiger partial charge in [-0.25, -0.2) is 4.98 Å². The van der Waals surface area contributed by atoms with Crippen molar-refractivity contribution in [1.29, 1.82) is 0 Å². The highest BCUT2D eigenvalue weighted by Crippen LogP contribution is 2.39. The first-order valence-corrected chi connectivity index (χ1v) is 9.33. The molecule has 2 aromatic heterocycles. The molecule has 0 spiro atoms. The van der Waals surface area contributed by atoms with Crippen LogP contribution in [0.2, 0.25) is 0 Å². The van der Waals surface area contributed by atoms with Crippen LogP contribution in [0.4, 0.5) is 5.82 Å². The van der Waals surface area contributed by atoms with Gasteiger partial charge in [0, 0.05) is 36.4 Å². The molecule has 6 heteroatoms. The number of aryl methyl sites for hydroxylation is 2. The number of hydrogen-bond donors (Lipinski definition) is 1. The molecule has 1 fully saturated rings. The highest BCUT2D eigenvalue weighted by Gasteiger charge is 2.27. The highest BCUT2D eigenvalue weighted by atomic mass is 35.5. The molecule has 0 unspecified atom stereocenters. The molecule has 1 saturated carbocycles. The quantitative estimate of drug-likeness (QED) is 0.679. The first-order chi connectivity index (χ1) is 12.9. The van der Waals surface area contributed by atoms with Crippen molar-refractivity contribution < 1.29 is 4.79 Å². The summed E-state index contributed by atoms with van der Waals surface area (Å²) in [7, 11) is 1.85. The molecule has 3 aromatic rings. The van der Waals surface area contributed by atoms with E-state index in [9.17, 15) is 9.59 Å². The van der Waals surface area contributed by atoms with E-state index in [0.29, 0.717) is 11.4 Å². The molecule has 0 radical (unpaired) electrons. The second kappa shape index (κ2) is 6.50. The topological polar surface area (TPSA) is 64.0 Å². The van der Waals surface area contributed by atoms with Crippen molar-refractivity contribution in [2.75, 3.05) is 12.4 Å². The van der Waals surface area contributed by atoms with Crippen LogP contribution in [0.3, 0.4) is 0 Å². The summed E-state index contributed by atoms with van der Waals surface area (Å²) in [6, 6.07) is 6.12. The molecule has 138 valence electrons. The Morgan fingerprint density at radius 1 is 1.30 bits per heavy atom. The number of nitrogens with one attached hydrogen (secondary N) is 1. The summed E-state index contributed by atoms with van der Waals surface area (Å²) in [6.45, 7) is 4.02. The molecule has 0 amide bonds. The van der Waals surface area contributed by atoms with E-state index in [4.69, 9.17) is 11.6 Å². The van der Waals surface area contributed by atoms with Crippen molar-refractivity contribution in [1.82, 2.24) is 9.55 Å². The van der Waals surface area contributed by atoms with Gasteiger partial charge in [-0.3, -0.25) is 9.59 Å². The number of benzene rings is 1. The third-order valence-corrected chi connectivity index (χ3v) is 5.43. The van der Waals surface area contributed by atoms with Crippen LogP contribution in [0.15, 0.2) is 35.4 Å². The predicted octanol–water partition coefficient (Wildman–Crippen LogP) is 4.44. The van der Waals surface area contributed by atoms with E-state index in [2.05, 4.69) is 16.4 Å². The number of nitrogens with zero attached hydrogens (tertiary/aromatic N) is 2. The first-order valence-electron chi connectivity index (χ1n) is 8.95. The van der Waals surface area contributed by atoms with Gasteiger partial charge in [-0.2, -0.15) is 0 Å². The third kappa shape index (κ3) is 2.92. The second-order valence-electron chi connectivity index (χ2n) is 7.06. The Morgan fingerprint density at radius 3 is 2.63 bits per heavy atom. The minimum atomic E-state index is -0.708. The summed E-state index contributed by atoms with van der Waals surface area (Å²) in [4.78, 5) is 29.0. The van der Waals surface area contributed by atoms with Gasteiger partial charge in [-0.15, -0.1) is 0 Å². The van der Waals surface area contributed by atoms with Gasteiger partial charge in [-0.05, 0) is 67.1 Å². The minimum absolute atomic E-state index is 0.0408. The molecule has 2 heterocycles. The van der Waals surface area contributed by atoms with Crippen LogP contribution in [-0.4, -0.2) is 21.8 Å². The van der Waals surface area contributed by atoms with Crippen LogP contribution in [0, 0.1) is 13.8 Å². The van der Waals surface area contributed by atoms with Gasteiger partial charge in [0.05, 0.1) is 11.1 Å². The molecule has 1 aliphatic carbocycles. The lowest BCUT2D eigenvalue weighted by atomic mass is 9.97. The molecular weight excluding hydrogens is 362 g/mol. The van der Waals surface area contributed by atoms with Crippen molar-refractivity contribution in [3.63, 3.8) is 0 Å². The number of aromatic nitrogens is 2. The smallest absolute Gasteiger partial charge is 0.257 e. The third-order valence-electron chi connectivity index (χ3n) is 5.22. The van der Waals surface area contributed by atoms with Gasteiger partial charge in [0.1, 0.15) is 5.82 Å². The lowest BCUT2D eigenvalue weighted by Crippen LogP contribution is -2.17. The SMILES string of the molecule is CNc1ncc(-c2ccc3c(=O)c(C(=O)Cl)cn(C4CC4)c3c2C)cc1C. The summed E-state index contributed by atoms with van der Waals surface area (Å²) in [5, 5.41) is 2.90. The zero-order chi connectivity index (χ0) is 19.3. The Labute approximate surface area is 162 Å². The number of fused-ring (bicyclic) bond motifs is 1. The molecule has 0 aliphatic heterocycles. The molecule has 27 heavy (non-hydrogen) atoms. The lowest BCUT2D eigenvalue weighted by Gasteiger charge is -2.17. The number of hydrogen-bond acceptors (Lipinski definition) is 4. The molecule has 5 nitrogen and oxygen atoms in total. The summed E-state index contributed by atoms with van der Waals surface area (Å²) < 4.78 is 2.05. The molecule has 1 aliphatic rings. The van der Waals surface area contributed by atoms with Crippen molar-refractivity contribution in [2.45, 2.75) is 32.7 Å². The molecule has 0 bridgehead atoms. The fraction of sp³-hybridized carbons (Fsp3) is 0.286. The Kier molecular flexibility index (Phi) is 4.27. The van der Waals surface area contributed by atoms with Gasteiger partial charge in [0.15, 0.2) is 0 Å². The first kappa shape index (κ1) is 17.7. The maximum Gasteiger partial charge on any atom is 0.257 e. The average molecular weight is 382 g/mol. The number of anilines is 1. The standard InChI is InChI=1S/C21H20ClN3O2/c1-11-8-13(9-24-21(11)23-3)15-6-7-16-18(12(15)2)25(14-4-5-14)10-17(19(16)26)20(22)27/h6-10,14H,4-5H2,1-3H3,(H,23,24). The van der Waals surface area contributed by atoms with Crippen molar-refractivity contribution in [2.24, 2.45) is 0 Å². The normalized spacial score (nSPS) is 13.8. The zero-order valence-corrected chi connectivity index (χ0v) is 16.2. The van der Waals surface area contributed by atoms with Crippen LogP contribution in [-0.2, 0) is 0 Å². The molecule has 0 saturated heterocycles. The fourth-order valence-electron chi connectivity index (χ4n) is 3.70. The number of rotatable bonds is 4. The second-order valence-corrected chi connectivity index (χ2v) is 7.40. The van der Waals surface area contributed by atoms with E-state index in [1.807, 2.05) is 37.7 Å². The van der Waals surface area contributed by atoms with Crippen LogP contribution in [0.5, 0.6) is 0 Å². The van der Waals surface area contributed by atoms with Crippen LogP contribution in [0.25, 0.3) is 22.0 Å². The highest BCUT2D eigenvalue weighted by molar-refractivity contribution is 6.67. The molecule has 4 rings (SSSR count). The van der Waals surface area contributed by atoms with Gasteiger partial charge < -0.3 is 9.88 Å². The predicted molar refractivity (Wildman–Crippen MR) is 109 cm³/mol. The molecular formula is C21H20ClN3O2. The Hall–Kier alpha value is -2.66. The maximum absolute atomic E-state index is 12.8. The summed E-state index contributed by atoms with van der Waals surface area (Å²) in [6.07, 6.45) is 5.54. The van der Waals surface area contributed by atoms with Gasteiger partial charge >= 0.3 is 0 Å². The zero-order valence-electron chi connectivity index (χ0n) is 15.5. The Morgan fingerprint density at radius 2 is 2.04 bits per heavy atom. The molecule has 0 atom stereocenters. The van der Waals surface area contributed by atoms with Crippen molar-refractivity contribution in [3.8, 4) is 11.1 Å². The van der Waals surface area contributed by atoms with Crippen LogP contribution < -0.4 is 10.7 Å². The average Bonchev–Trinajstić information content (AvgIpc) is 3.47. The molecule has 1 aromatic carbocycles. The molecule has 1 N–H and O–H groups in total. The van der Waals surface area contributed by atoms with Crippen LogP contribution >= 0.6 is 11.6 Å². The van der Waals surface area contributed by atoms with Crippen molar-refractivity contribution in [3.05, 3.63) is 57.5 Å². The number of halogens is 1. The minimum Gasteiger partial charge on any atom is -0.373 e. The Balaban J connectivity index is 2.01. The summed E-state index contributed by atoms with van der Waals surface area (Å²) in [5.74, 6) is 0.845. The van der Waals surface area contributed by atoms with Gasteiger partial charge in [0.2, 0.25) is 5.43 Å². The summed E-state index contributed by atoms with van der Waals surface area (Å²) >= 11 is 5.65. The fourth-order valence-corrected chi connectivity index (χ4v) is 3.84. The van der Waals surface area contributed by atoms with E-state index < -0.39 is 5.24 Å². The van der Waals surface area contributed by atoms with Crippen LogP contribution in [0.1, 0.15) is 40.4 Å². The monoisotopic (exact) mass is 381 g/mol. The number of carbonyl (C=O) groups excluding carboxylic acids is 1. The number of carbonyl (C=O) groups is 1. The lowest BCUT2D eigenvalue weighted by molar-refractivity contribution is 0.108. The van der Waals surface area contributed by atoms with E-state index in [0.717, 1.165) is 46.4 Å². The summed E-state index contributed by atoms with van der Waals surface area (Å²) in [5.41, 5.74) is 4.69. The van der Waals surface area contributed by atoms with E-state index in [1.165, 1.54) is 0 Å². The van der Waals surface area contributed by atoms with E-state index in [1.54, 1.807) is 12.3 Å². The van der Waals surface area contributed by atoms with E-state index in [-0.39, 0.29) is 11.0 Å². The maximum atomic E-state index is 12.8. The Bertz CT molecular complexity index is 1150.